The molecule has 21 heteroatoms. The average Bonchev–Trinajstić information content (AvgIpc) is 3.43. The Morgan fingerprint density at radius 3 is 1.44 bits per heavy atom. The van der Waals surface area contributed by atoms with Crippen molar-refractivity contribution in [2.24, 2.45) is 0 Å². The van der Waals surface area contributed by atoms with Crippen molar-refractivity contribution >= 4 is 0 Å². The maximum atomic E-state index is 11.1. The largest absolute Gasteiger partial charge is 0.394 e. The van der Waals surface area contributed by atoms with E-state index in [0.29, 0.717) is 0 Å². The minimum atomic E-state index is -2.68. The quantitative estimate of drug-likeness (QED) is 0.0919. The topological polar surface area (TPSA) is 348 Å². The second-order valence-electron chi connectivity index (χ2n) is 11.2. The summed E-state index contributed by atoms with van der Waals surface area (Å²) in [4.78, 5) is 0. The summed E-state index contributed by atoms with van der Waals surface area (Å²) in [5.41, 5.74) is 0. The molecule has 0 radical (unpaired) electrons. The molecule has 0 aliphatic carbocycles. The molecule has 4 heterocycles. The molecule has 0 bridgehead atoms. The molecule has 0 aromatic heterocycles. The van der Waals surface area contributed by atoms with E-state index in [-0.39, 0.29) is 0 Å². The summed E-state index contributed by atoms with van der Waals surface area (Å²) in [5.74, 6) is -5.14. The Labute approximate surface area is 254 Å². The van der Waals surface area contributed by atoms with Crippen molar-refractivity contribution in [1.29, 1.82) is 0 Å². The van der Waals surface area contributed by atoms with Gasteiger partial charge in [-0.25, -0.2) is 0 Å². The van der Waals surface area contributed by atoms with E-state index in [1.54, 1.807) is 0 Å². The molecule has 45 heavy (non-hydrogen) atoms. The zero-order valence-corrected chi connectivity index (χ0v) is 23.6. The van der Waals surface area contributed by atoms with Gasteiger partial charge in [0.05, 0.1) is 26.4 Å². The van der Waals surface area contributed by atoms with Crippen LogP contribution in [0.25, 0.3) is 0 Å². The minimum Gasteiger partial charge on any atom is -0.394 e. The van der Waals surface area contributed by atoms with E-state index in [1.807, 2.05) is 0 Å². The van der Waals surface area contributed by atoms with Crippen LogP contribution >= 0.6 is 0 Å². The Morgan fingerprint density at radius 2 is 0.956 bits per heavy atom. The Kier molecular flexibility index (Phi) is 12.1. The molecule has 4 rings (SSSR count). The van der Waals surface area contributed by atoms with Crippen LogP contribution in [0.5, 0.6) is 0 Å². The number of ether oxygens (including phenoxy) is 7. The summed E-state index contributed by atoms with van der Waals surface area (Å²) in [6.45, 7) is -5.75. The van der Waals surface area contributed by atoms with Crippen LogP contribution in [-0.4, -0.2) is 221 Å². The van der Waals surface area contributed by atoms with Gasteiger partial charge in [0.2, 0.25) is 11.6 Å². The van der Waals surface area contributed by atoms with E-state index in [4.69, 9.17) is 33.2 Å². The number of hydrogen-bond acceptors (Lipinski definition) is 21. The van der Waals surface area contributed by atoms with Crippen LogP contribution in [0.2, 0.25) is 0 Å². The first-order valence-corrected chi connectivity index (χ1v) is 14.0. The molecule has 0 spiro atoms. The zero-order chi connectivity index (χ0) is 33.4. The molecule has 0 amide bonds. The molecule has 0 aromatic carbocycles. The molecular formula is C24H42O21. The monoisotopic (exact) mass is 666 g/mol. The molecule has 0 saturated carbocycles. The number of rotatable bonds is 12. The highest BCUT2D eigenvalue weighted by Crippen LogP contribution is 2.40. The van der Waals surface area contributed by atoms with Gasteiger partial charge in [0.25, 0.3) is 0 Å². The predicted molar refractivity (Wildman–Crippen MR) is 134 cm³/mol. The summed E-state index contributed by atoms with van der Waals surface area (Å²) >= 11 is 0. The van der Waals surface area contributed by atoms with Crippen molar-refractivity contribution in [3.63, 3.8) is 0 Å². The van der Waals surface area contributed by atoms with Crippen molar-refractivity contribution in [1.82, 2.24) is 0 Å². The highest BCUT2D eigenvalue weighted by atomic mass is 16.8. The Hall–Kier alpha value is -0.840. The lowest BCUT2D eigenvalue weighted by molar-refractivity contribution is -0.417. The average molecular weight is 667 g/mol. The highest BCUT2D eigenvalue weighted by molar-refractivity contribution is 5.02. The van der Waals surface area contributed by atoms with Gasteiger partial charge in [0.1, 0.15) is 98.7 Å². The van der Waals surface area contributed by atoms with Crippen LogP contribution < -0.4 is 0 Å². The van der Waals surface area contributed by atoms with Gasteiger partial charge in [-0.3, -0.25) is 0 Å². The van der Waals surface area contributed by atoms with Gasteiger partial charge in [-0.05, 0) is 0 Å². The van der Waals surface area contributed by atoms with E-state index in [0.717, 1.165) is 0 Å². The zero-order valence-electron chi connectivity index (χ0n) is 23.6. The molecule has 0 aromatic rings. The second kappa shape index (κ2) is 14.7. The third kappa shape index (κ3) is 6.74. The maximum Gasteiger partial charge on any atom is 0.224 e. The van der Waals surface area contributed by atoms with Crippen molar-refractivity contribution < 1.29 is 105 Å². The molecule has 0 unspecified atom stereocenters. The van der Waals surface area contributed by atoms with Crippen LogP contribution in [-0.2, 0) is 33.2 Å². The first kappa shape index (κ1) is 37.0. The fourth-order valence-electron chi connectivity index (χ4n) is 5.61. The molecule has 14 N–H and O–H groups in total. The van der Waals surface area contributed by atoms with E-state index < -0.39 is 149 Å². The normalized spacial score (nSPS) is 52.4. The molecule has 4 fully saturated rings. The Morgan fingerprint density at radius 1 is 0.489 bits per heavy atom. The summed E-state index contributed by atoms with van der Waals surface area (Å²) in [5, 5.41) is 143. The Balaban J connectivity index is 1.66. The highest BCUT2D eigenvalue weighted by Gasteiger charge is 2.62. The van der Waals surface area contributed by atoms with Gasteiger partial charge >= 0.3 is 0 Å². The molecule has 4 aliphatic rings. The third-order valence-corrected chi connectivity index (χ3v) is 8.39. The van der Waals surface area contributed by atoms with Crippen LogP contribution in [0.1, 0.15) is 0 Å². The van der Waals surface area contributed by atoms with E-state index in [1.165, 1.54) is 0 Å². The minimum absolute atomic E-state index is 0.814. The summed E-state index contributed by atoms with van der Waals surface area (Å²) in [7, 11) is 0. The van der Waals surface area contributed by atoms with E-state index in [2.05, 4.69) is 0 Å². The van der Waals surface area contributed by atoms with Crippen molar-refractivity contribution in [2.75, 3.05) is 39.6 Å². The van der Waals surface area contributed by atoms with Gasteiger partial charge < -0.3 is 105 Å². The van der Waals surface area contributed by atoms with E-state index >= 15 is 0 Å². The van der Waals surface area contributed by atoms with Crippen LogP contribution in [0.3, 0.4) is 0 Å². The fourth-order valence-corrected chi connectivity index (χ4v) is 5.61. The summed E-state index contributed by atoms with van der Waals surface area (Å²) in [6.07, 6.45) is -29.5. The van der Waals surface area contributed by atoms with Crippen molar-refractivity contribution in [3.05, 3.63) is 0 Å². The Bertz CT molecular complexity index is 947. The SMILES string of the molecule is OC[C@H]1O[C@@](CO)(OC[C@@]2(O[C@H]3O[C@H](CO)[C@@H](O)[C@H](O)[C@H]3O[C@H]3O[C@H](CO)[C@@H](O)[C@H](O)[C@H]3O)O[C@H](CO)[C@@H](O)[C@@H]2O)[C@@H](O)[C@@H]1O. The molecular weight excluding hydrogens is 624 g/mol. The lowest BCUT2D eigenvalue weighted by atomic mass is 9.97. The second-order valence-corrected chi connectivity index (χ2v) is 11.2. The predicted octanol–water partition coefficient (Wildman–Crippen LogP) is -9.75. The maximum absolute atomic E-state index is 11.1. The summed E-state index contributed by atoms with van der Waals surface area (Å²) in [6, 6.07) is 0. The lowest BCUT2D eigenvalue weighted by Gasteiger charge is -2.48. The first-order chi connectivity index (χ1) is 21.2. The number of aliphatic hydroxyl groups excluding tert-OH is 14. The van der Waals surface area contributed by atoms with Crippen molar-refractivity contribution in [3.8, 4) is 0 Å². The van der Waals surface area contributed by atoms with Gasteiger partial charge in [-0.2, -0.15) is 0 Å². The molecule has 264 valence electrons. The first-order valence-electron chi connectivity index (χ1n) is 14.0. The number of aliphatic hydroxyl groups is 14. The molecule has 4 saturated heterocycles. The number of hydrogen-bond donors (Lipinski definition) is 14. The molecule has 18 atom stereocenters. The lowest BCUT2D eigenvalue weighted by Crippen LogP contribution is -2.66. The summed E-state index contributed by atoms with van der Waals surface area (Å²) < 4.78 is 38.7. The molecule has 21 nitrogen and oxygen atoms in total. The molecule has 4 aliphatic heterocycles. The third-order valence-electron chi connectivity index (χ3n) is 8.39. The van der Waals surface area contributed by atoms with Crippen molar-refractivity contribution in [2.45, 2.75) is 110 Å². The van der Waals surface area contributed by atoms with Gasteiger partial charge in [0, 0.05) is 0 Å². The van der Waals surface area contributed by atoms with E-state index in [9.17, 15) is 71.5 Å². The van der Waals surface area contributed by atoms with Gasteiger partial charge in [-0.15, -0.1) is 0 Å². The van der Waals surface area contributed by atoms with Crippen LogP contribution in [0.4, 0.5) is 0 Å². The van der Waals surface area contributed by atoms with Crippen LogP contribution in [0, 0.1) is 0 Å². The van der Waals surface area contributed by atoms with Crippen LogP contribution in [0.15, 0.2) is 0 Å². The van der Waals surface area contributed by atoms with Gasteiger partial charge in [-0.1, -0.05) is 0 Å². The smallest absolute Gasteiger partial charge is 0.224 e. The standard InChI is InChI=1S/C24H42O21/c25-1-7-11(30)15(34)17(36)21(40-7)42-18-16(35)12(31)8(2-26)41-22(18)45-24(20(38)14(33)10(4-28)44-24)6-39-23(5-29)19(37)13(32)9(3-27)43-23/h7-22,25-38H,1-6H2/t7-,8-,9-,10-,11-,12-,13-,14-,15+,16+,17-,18-,19+,20+,21-,22-,23-,24+/m1/s1. The van der Waals surface area contributed by atoms with Gasteiger partial charge in [0.15, 0.2) is 12.6 Å². The fraction of sp³-hybridized carbons (Fsp3) is 1.00.